The zero-order valence-electron chi connectivity index (χ0n) is 17.3. The molecule has 6 heteroatoms. The number of imide groups is 1. The van der Waals surface area contributed by atoms with Crippen LogP contribution in [0.5, 0.6) is 5.75 Å². The van der Waals surface area contributed by atoms with Crippen molar-refractivity contribution in [2.45, 2.75) is 19.1 Å². The second-order valence-corrected chi connectivity index (χ2v) is 7.73. The van der Waals surface area contributed by atoms with Crippen molar-refractivity contribution in [1.29, 1.82) is 0 Å². The number of anilines is 2. The van der Waals surface area contributed by atoms with Gasteiger partial charge in [0.1, 0.15) is 11.7 Å². The average molecular weight is 414 g/mol. The van der Waals surface area contributed by atoms with Crippen molar-refractivity contribution in [3.8, 4) is 5.75 Å². The minimum atomic E-state index is -0.876. The third-order valence-electron chi connectivity index (χ3n) is 5.94. The summed E-state index contributed by atoms with van der Waals surface area (Å²) < 4.78 is 5.29. The van der Waals surface area contributed by atoms with Gasteiger partial charge in [-0.15, -0.1) is 0 Å². The second-order valence-electron chi connectivity index (χ2n) is 7.73. The van der Waals surface area contributed by atoms with Crippen molar-refractivity contribution in [3.63, 3.8) is 0 Å². The summed E-state index contributed by atoms with van der Waals surface area (Å²) in [4.78, 5) is 34.3. The fourth-order valence-electron chi connectivity index (χ4n) is 4.41. The number of fused-ring (bicyclic) bond motifs is 1. The number of ether oxygens (including phenoxy) is 1. The number of aryl methyl sites for hydroxylation is 1. The molecule has 2 heterocycles. The van der Waals surface area contributed by atoms with Crippen LogP contribution >= 0.6 is 0 Å². The van der Waals surface area contributed by atoms with Crippen molar-refractivity contribution < 1.29 is 19.2 Å². The molecule has 2 saturated heterocycles. The molecule has 2 aliphatic heterocycles. The third-order valence-corrected chi connectivity index (χ3v) is 5.94. The largest absolute Gasteiger partial charge is 0.497 e. The molecule has 0 spiro atoms. The van der Waals surface area contributed by atoms with E-state index in [0.717, 1.165) is 22.6 Å². The Morgan fingerprint density at radius 1 is 0.839 bits per heavy atom. The molecule has 0 aromatic heterocycles. The Labute approximate surface area is 180 Å². The molecule has 0 radical (unpaired) electrons. The summed E-state index contributed by atoms with van der Waals surface area (Å²) in [5.74, 6) is -0.518. The summed E-state index contributed by atoms with van der Waals surface area (Å²) in [6.07, 6.45) is -0.876. The fourth-order valence-corrected chi connectivity index (χ4v) is 4.41. The number of hydrogen-bond acceptors (Lipinski definition) is 5. The first kappa shape index (κ1) is 19.3. The standard InChI is InChI=1S/C25H22N2O4/c1-16-8-6-7-11-20(16)27-22(17-12-14-19(30-2)15-13-17)21-23(31-27)25(29)26(24(21)28)18-9-4-3-5-10-18/h3-15,21-23H,1-2H3. The number of hydroxylamine groups is 1. The van der Waals surface area contributed by atoms with Gasteiger partial charge in [-0.1, -0.05) is 48.5 Å². The first-order chi connectivity index (χ1) is 15.1. The normalized spacial score (nSPS) is 22.7. The predicted molar refractivity (Wildman–Crippen MR) is 117 cm³/mol. The van der Waals surface area contributed by atoms with E-state index < -0.39 is 18.1 Å². The van der Waals surface area contributed by atoms with Gasteiger partial charge < -0.3 is 4.74 Å². The van der Waals surface area contributed by atoms with Crippen LogP contribution in [-0.2, 0) is 14.4 Å². The molecule has 0 bridgehead atoms. The molecule has 2 fully saturated rings. The van der Waals surface area contributed by atoms with Crippen LogP contribution in [0.25, 0.3) is 0 Å². The van der Waals surface area contributed by atoms with Gasteiger partial charge in [0.15, 0.2) is 6.10 Å². The van der Waals surface area contributed by atoms with Crippen LogP contribution < -0.4 is 14.7 Å². The number of nitrogens with zero attached hydrogens (tertiary/aromatic N) is 2. The van der Waals surface area contributed by atoms with Crippen molar-refractivity contribution in [3.05, 3.63) is 90.0 Å². The number of rotatable bonds is 4. The number of carbonyl (C=O) groups excluding carboxylic acids is 2. The molecular weight excluding hydrogens is 392 g/mol. The lowest BCUT2D eigenvalue weighted by molar-refractivity contribution is -0.126. The van der Waals surface area contributed by atoms with E-state index in [2.05, 4.69) is 0 Å². The van der Waals surface area contributed by atoms with Crippen LogP contribution in [0.2, 0.25) is 0 Å². The zero-order chi connectivity index (χ0) is 21.5. The molecule has 3 aromatic rings. The lowest BCUT2D eigenvalue weighted by Crippen LogP contribution is -2.37. The number of carbonyl (C=O) groups is 2. The maximum Gasteiger partial charge on any atom is 0.266 e. The van der Waals surface area contributed by atoms with E-state index in [9.17, 15) is 9.59 Å². The molecule has 5 rings (SSSR count). The van der Waals surface area contributed by atoms with E-state index in [4.69, 9.17) is 9.57 Å². The summed E-state index contributed by atoms with van der Waals surface area (Å²) in [5, 5.41) is 1.73. The number of hydrogen-bond donors (Lipinski definition) is 0. The van der Waals surface area contributed by atoms with Gasteiger partial charge in [0, 0.05) is 0 Å². The lowest BCUT2D eigenvalue weighted by Gasteiger charge is -2.29. The summed E-state index contributed by atoms with van der Waals surface area (Å²) in [5.41, 5.74) is 3.28. The van der Waals surface area contributed by atoms with Crippen LogP contribution in [0.1, 0.15) is 17.2 Å². The maximum absolute atomic E-state index is 13.5. The van der Waals surface area contributed by atoms with Gasteiger partial charge in [-0.05, 0) is 48.4 Å². The number of para-hydroxylation sites is 2. The first-order valence-electron chi connectivity index (χ1n) is 10.2. The molecule has 0 saturated carbocycles. The van der Waals surface area contributed by atoms with Crippen LogP contribution in [0.15, 0.2) is 78.9 Å². The molecule has 6 nitrogen and oxygen atoms in total. The highest BCUT2D eigenvalue weighted by Gasteiger charge is 2.60. The molecule has 2 aliphatic rings. The molecule has 2 amide bonds. The number of methoxy groups -OCH3 is 1. The van der Waals surface area contributed by atoms with Crippen molar-refractivity contribution in [2.75, 3.05) is 17.1 Å². The Morgan fingerprint density at radius 2 is 1.52 bits per heavy atom. The van der Waals surface area contributed by atoms with Crippen LogP contribution in [-0.4, -0.2) is 25.0 Å². The summed E-state index contributed by atoms with van der Waals surface area (Å²) in [7, 11) is 1.61. The molecule has 156 valence electrons. The van der Waals surface area contributed by atoms with E-state index in [-0.39, 0.29) is 11.8 Å². The van der Waals surface area contributed by atoms with E-state index in [1.54, 1.807) is 24.3 Å². The van der Waals surface area contributed by atoms with Crippen LogP contribution in [0, 0.1) is 12.8 Å². The van der Waals surface area contributed by atoms with Crippen LogP contribution in [0.4, 0.5) is 11.4 Å². The van der Waals surface area contributed by atoms with E-state index in [0.29, 0.717) is 5.69 Å². The second kappa shape index (κ2) is 7.56. The molecule has 3 unspecified atom stereocenters. The van der Waals surface area contributed by atoms with Gasteiger partial charge in [-0.3, -0.25) is 14.4 Å². The Balaban J connectivity index is 1.60. The highest BCUT2D eigenvalue weighted by Crippen LogP contribution is 2.48. The van der Waals surface area contributed by atoms with Gasteiger partial charge in [-0.2, -0.15) is 0 Å². The minimum absolute atomic E-state index is 0.252. The van der Waals surface area contributed by atoms with Crippen LogP contribution in [0.3, 0.4) is 0 Å². The van der Waals surface area contributed by atoms with E-state index in [1.807, 2.05) is 73.7 Å². The number of benzene rings is 3. The highest BCUT2D eigenvalue weighted by molar-refractivity contribution is 6.23. The zero-order valence-corrected chi connectivity index (χ0v) is 17.3. The molecule has 0 aliphatic carbocycles. The molecule has 3 atom stereocenters. The smallest absolute Gasteiger partial charge is 0.266 e. The fraction of sp³-hybridized carbons (Fsp3) is 0.200. The highest BCUT2D eigenvalue weighted by atomic mass is 16.7. The summed E-state index contributed by atoms with van der Waals surface area (Å²) in [6.45, 7) is 1.98. The lowest BCUT2D eigenvalue weighted by atomic mass is 9.90. The van der Waals surface area contributed by atoms with Gasteiger partial charge >= 0.3 is 0 Å². The van der Waals surface area contributed by atoms with Gasteiger partial charge in [-0.25, -0.2) is 9.96 Å². The van der Waals surface area contributed by atoms with Gasteiger partial charge in [0.2, 0.25) is 5.91 Å². The van der Waals surface area contributed by atoms with E-state index >= 15 is 0 Å². The topological polar surface area (TPSA) is 59.1 Å². The maximum atomic E-state index is 13.5. The van der Waals surface area contributed by atoms with Gasteiger partial charge in [0.25, 0.3) is 5.91 Å². The Bertz CT molecular complexity index is 1130. The minimum Gasteiger partial charge on any atom is -0.497 e. The average Bonchev–Trinajstić information content (AvgIpc) is 3.30. The van der Waals surface area contributed by atoms with Crippen molar-refractivity contribution in [1.82, 2.24) is 0 Å². The molecule has 31 heavy (non-hydrogen) atoms. The first-order valence-corrected chi connectivity index (χ1v) is 10.2. The Kier molecular flexibility index (Phi) is 4.71. The Morgan fingerprint density at radius 3 is 2.19 bits per heavy atom. The molecule has 0 N–H and O–H groups in total. The predicted octanol–water partition coefficient (Wildman–Crippen LogP) is 4.05. The monoisotopic (exact) mass is 414 g/mol. The Hall–Kier alpha value is -3.64. The summed E-state index contributed by atoms with van der Waals surface area (Å²) >= 11 is 0. The number of amides is 2. The van der Waals surface area contributed by atoms with Gasteiger partial charge in [0.05, 0.1) is 24.5 Å². The quantitative estimate of drug-likeness (QED) is 0.603. The van der Waals surface area contributed by atoms with E-state index in [1.165, 1.54) is 4.90 Å². The molecular formula is C25H22N2O4. The van der Waals surface area contributed by atoms with Crippen molar-refractivity contribution in [2.24, 2.45) is 5.92 Å². The SMILES string of the molecule is COc1ccc(C2C3C(=O)N(c4ccccc4)C(=O)C3ON2c2ccccc2C)cc1. The van der Waals surface area contributed by atoms with Crippen molar-refractivity contribution >= 4 is 23.2 Å². The molecule has 3 aromatic carbocycles. The summed E-state index contributed by atoms with van der Waals surface area (Å²) in [6, 6.07) is 23.9. The third kappa shape index (κ3) is 3.07.